The summed E-state index contributed by atoms with van der Waals surface area (Å²) in [6, 6.07) is 17.9. The van der Waals surface area contributed by atoms with E-state index in [4.69, 9.17) is 9.84 Å². The zero-order valence-electron chi connectivity index (χ0n) is 22.5. The average molecular weight is 509 g/mol. The minimum atomic E-state index is -0.563. The summed E-state index contributed by atoms with van der Waals surface area (Å²) in [5, 5.41) is 14.7. The van der Waals surface area contributed by atoms with Gasteiger partial charge in [-0.25, -0.2) is 4.68 Å². The maximum Gasteiger partial charge on any atom is 0.271 e. The van der Waals surface area contributed by atoms with Gasteiger partial charge in [0.2, 0.25) is 0 Å². The van der Waals surface area contributed by atoms with Crippen LogP contribution in [0.2, 0.25) is 0 Å². The monoisotopic (exact) mass is 508 g/mol. The number of hydrogen-bond donors (Lipinski definition) is 0. The molecule has 2 heterocycles. The summed E-state index contributed by atoms with van der Waals surface area (Å²) < 4.78 is 7.36. The van der Waals surface area contributed by atoms with Gasteiger partial charge in [0.25, 0.3) is 11.8 Å². The first-order valence-corrected chi connectivity index (χ1v) is 12.7. The maximum absolute atomic E-state index is 13.6. The fourth-order valence-electron chi connectivity index (χ4n) is 4.44. The second-order valence-corrected chi connectivity index (χ2v) is 9.74. The Morgan fingerprint density at radius 2 is 1.79 bits per heavy atom. The highest BCUT2D eigenvalue weighted by Gasteiger charge is 2.35. The Bertz CT molecular complexity index is 1470. The molecule has 0 fully saturated rings. The van der Waals surface area contributed by atoms with Crippen molar-refractivity contribution >= 4 is 17.9 Å². The number of aromatic nitrogens is 2. The standard InChI is InChI=1S/C31H32N4O3/c1-20(2)38-15-9-14-34-30(36)27(23(5)28(18-32)31(34)37)17-24-19-35(25-10-7-6-8-11-25)33-29(24)26-16-21(3)12-13-22(26)4/h6-8,10-13,16-17,19-20H,9,14-15H2,1-5H3/b27-17+. The number of imide groups is 1. The number of nitriles is 1. The van der Waals surface area contributed by atoms with Gasteiger partial charge < -0.3 is 4.74 Å². The van der Waals surface area contributed by atoms with Gasteiger partial charge in [0, 0.05) is 36.0 Å². The normalized spacial score (nSPS) is 15.1. The molecule has 4 rings (SSSR count). The molecule has 1 aliphatic rings. The molecular weight excluding hydrogens is 476 g/mol. The van der Waals surface area contributed by atoms with Gasteiger partial charge in [0.05, 0.1) is 11.8 Å². The van der Waals surface area contributed by atoms with Crippen LogP contribution in [0.1, 0.15) is 43.9 Å². The van der Waals surface area contributed by atoms with E-state index in [0.717, 1.165) is 38.5 Å². The first-order valence-electron chi connectivity index (χ1n) is 12.7. The van der Waals surface area contributed by atoms with Gasteiger partial charge in [-0.1, -0.05) is 35.9 Å². The van der Waals surface area contributed by atoms with Gasteiger partial charge in [-0.05, 0) is 76.5 Å². The fraction of sp³-hybridized carbons (Fsp3) is 0.290. The molecule has 194 valence electrons. The topological polar surface area (TPSA) is 88.2 Å². The van der Waals surface area contributed by atoms with Crippen molar-refractivity contribution in [1.29, 1.82) is 5.26 Å². The van der Waals surface area contributed by atoms with Crippen LogP contribution in [0.3, 0.4) is 0 Å². The average Bonchev–Trinajstić information content (AvgIpc) is 3.32. The highest BCUT2D eigenvalue weighted by molar-refractivity contribution is 6.19. The van der Waals surface area contributed by atoms with E-state index in [0.29, 0.717) is 24.2 Å². The van der Waals surface area contributed by atoms with E-state index in [1.165, 1.54) is 0 Å². The van der Waals surface area contributed by atoms with Crippen molar-refractivity contribution in [2.75, 3.05) is 13.2 Å². The summed E-state index contributed by atoms with van der Waals surface area (Å²) in [7, 11) is 0. The number of ether oxygens (including phenoxy) is 1. The van der Waals surface area contributed by atoms with E-state index in [1.54, 1.807) is 17.7 Å². The SMILES string of the molecule is CC1=C(C#N)C(=O)N(CCCOC(C)C)C(=O)/C1=C/c1cn(-c2ccccc2)nc1-c1cc(C)ccc1C. The van der Waals surface area contributed by atoms with Crippen LogP contribution in [0.4, 0.5) is 0 Å². The molecule has 0 aliphatic carbocycles. The van der Waals surface area contributed by atoms with E-state index in [-0.39, 0.29) is 18.2 Å². The molecule has 0 radical (unpaired) electrons. The molecule has 7 nitrogen and oxygen atoms in total. The molecule has 0 saturated heterocycles. The van der Waals surface area contributed by atoms with E-state index in [2.05, 4.69) is 6.07 Å². The van der Waals surface area contributed by atoms with Crippen LogP contribution in [0, 0.1) is 25.2 Å². The van der Waals surface area contributed by atoms with Crippen molar-refractivity contribution in [3.63, 3.8) is 0 Å². The van der Waals surface area contributed by atoms with E-state index >= 15 is 0 Å². The second kappa shape index (κ2) is 11.4. The summed E-state index contributed by atoms with van der Waals surface area (Å²) in [5.41, 5.74) is 6.08. The molecule has 0 spiro atoms. The molecule has 1 aliphatic heterocycles. The number of nitrogens with zero attached hydrogens (tertiary/aromatic N) is 4. The van der Waals surface area contributed by atoms with Gasteiger partial charge in [-0.3, -0.25) is 14.5 Å². The number of benzene rings is 2. The summed E-state index contributed by atoms with van der Waals surface area (Å²) in [6.07, 6.45) is 4.17. The van der Waals surface area contributed by atoms with Crippen LogP contribution < -0.4 is 0 Å². The lowest BCUT2D eigenvalue weighted by Gasteiger charge is -2.27. The number of aryl methyl sites for hydroxylation is 2. The lowest BCUT2D eigenvalue weighted by atomic mass is 9.92. The van der Waals surface area contributed by atoms with E-state index in [9.17, 15) is 14.9 Å². The van der Waals surface area contributed by atoms with Crippen molar-refractivity contribution in [1.82, 2.24) is 14.7 Å². The summed E-state index contributed by atoms with van der Waals surface area (Å²) in [5.74, 6) is -0.984. The van der Waals surface area contributed by atoms with Crippen LogP contribution in [0.5, 0.6) is 0 Å². The Kier molecular flexibility index (Phi) is 8.04. The third kappa shape index (κ3) is 5.51. The molecule has 0 saturated carbocycles. The van der Waals surface area contributed by atoms with Crippen molar-refractivity contribution in [3.05, 3.63) is 88.1 Å². The molecule has 38 heavy (non-hydrogen) atoms. The third-order valence-corrected chi connectivity index (χ3v) is 6.51. The first kappa shape index (κ1) is 26.8. The first-order chi connectivity index (χ1) is 18.2. The summed E-state index contributed by atoms with van der Waals surface area (Å²) in [4.78, 5) is 27.8. The minimum Gasteiger partial charge on any atom is -0.379 e. The van der Waals surface area contributed by atoms with Gasteiger partial charge in [-0.15, -0.1) is 0 Å². The quantitative estimate of drug-likeness (QED) is 0.226. The van der Waals surface area contributed by atoms with Crippen molar-refractivity contribution in [3.8, 4) is 23.0 Å². The molecule has 0 bridgehead atoms. The molecule has 2 amide bonds. The van der Waals surface area contributed by atoms with Crippen LogP contribution in [0.25, 0.3) is 23.0 Å². The van der Waals surface area contributed by atoms with Crippen molar-refractivity contribution in [2.45, 2.75) is 47.1 Å². The van der Waals surface area contributed by atoms with Crippen molar-refractivity contribution < 1.29 is 14.3 Å². The maximum atomic E-state index is 13.6. The summed E-state index contributed by atoms with van der Waals surface area (Å²) >= 11 is 0. The molecule has 0 atom stereocenters. The van der Waals surface area contributed by atoms with Gasteiger partial charge in [0.1, 0.15) is 17.3 Å². The van der Waals surface area contributed by atoms with Crippen LogP contribution in [0.15, 0.2) is 71.4 Å². The van der Waals surface area contributed by atoms with Crippen LogP contribution in [-0.4, -0.2) is 45.8 Å². The zero-order chi connectivity index (χ0) is 27.4. The molecule has 1 aromatic heterocycles. The largest absolute Gasteiger partial charge is 0.379 e. The van der Waals surface area contributed by atoms with Crippen LogP contribution >= 0.6 is 0 Å². The molecule has 7 heteroatoms. The number of para-hydroxylation sites is 1. The van der Waals surface area contributed by atoms with E-state index < -0.39 is 11.8 Å². The fourth-order valence-corrected chi connectivity index (χ4v) is 4.44. The van der Waals surface area contributed by atoms with Gasteiger partial charge in [0.15, 0.2) is 0 Å². The molecule has 0 unspecified atom stereocenters. The molecule has 3 aromatic rings. The highest BCUT2D eigenvalue weighted by Crippen LogP contribution is 2.32. The van der Waals surface area contributed by atoms with Crippen molar-refractivity contribution in [2.24, 2.45) is 0 Å². The number of carbonyl (C=O) groups excluding carboxylic acids is 2. The number of amides is 2. The third-order valence-electron chi connectivity index (χ3n) is 6.51. The Hall–Kier alpha value is -4.28. The smallest absolute Gasteiger partial charge is 0.271 e. The Balaban J connectivity index is 1.83. The Morgan fingerprint density at radius 3 is 2.47 bits per heavy atom. The predicted octanol–water partition coefficient (Wildman–Crippen LogP) is 5.56. The number of rotatable bonds is 8. The highest BCUT2D eigenvalue weighted by atomic mass is 16.5. The Labute approximate surface area is 223 Å². The minimum absolute atomic E-state index is 0.0237. The lowest BCUT2D eigenvalue weighted by Crippen LogP contribution is -2.43. The van der Waals surface area contributed by atoms with Crippen LogP contribution in [-0.2, 0) is 14.3 Å². The zero-order valence-corrected chi connectivity index (χ0v) is 22.5. The molecular formula is C31H32N4O3. The molecule has 0 N–H and O–H groups in total. The van der Waals surface area contributed by atoms with E-state index in [1.807, 2.05) is 82.4 Å². The van der Waals surface area contributed by atoms with Gasteiger partial charge >= 0.3 is 0 Å². The molecule has 2 aromatic carbocycles. The number of carbonyl (C=O) groups is 2. The second-order valence-electron chi connectivity index (χ2n) is 9.74. The lowest BCUT2D eigenvalue weighted by molar-refractivity contribution is -0.140. The predicted molar refractivity (Wildman–Crippen MR) is 147 cm³/mol. The Morgan fingerprint density at radius 1 is 1.05 bits per heavy atom. The van der Waals surface area contributed by atoms with Gasteiger partial charge in [-0.2, -0.15) is 10.4 Å². The number of hydrogen-bond acceptors (Lipinski definition) is 5. The summed E-state index contributed by atoms with van der Waals surface area (Å²) in [6.45, 7) is 10.2.